The van der Waals surface area contributed by atoms with Crippen molar-refractivity contribution >= 4 is 45.7 Å². The fourth-order valence-electron chi connectivity index (χ4n) is 10.5. The fraction of sp³-hybridized carbons (Fsp3) is 0.200. The van der Waals surface area contributed by atoms with E-state index in [1.165, 1.54) is 81.0 Å². The predicted molar refractivity (Wildman–Crippen MR) is 299 cm³/mol. The Balaban J connectivity index is 0.000000992. The molecule has 4 aliphatic rings. The van der Waals surface area contributed by atoms with Crippen LogP contribution in [0.4, 0.5) is 17.1 Å². The number of benzene rings is 7. The number of rotatable bonds is 8. The zero-order chi connectivity index (χ0) is 48.7. The van der Waals surface area contributed by atoms with Gasteiger partial charge in [-0.05, 0) is 149 Å². The Morgan fingerprint density at radius 1 is 0.577 bits per heavy atom. The van der Waals surface area contributed by atoms with Crippen molar-refractivity contribution in [3.8, 4) is 62.1 Å². The maximum atomic E-state index is 11.0. The van der Waals surface area contributed by atoms with Gasteiger partial charge in [-0.1, -0.05) is 164 Å². The molecule has 0 bridgehead atoms. The van der Waals surface area contributed by atoms with Gasteiger partial charge in [0.25, 0.3) is 0 Å². The van der Waals surface area contributed by atoms with Gasteiger partial charge < -0.3 is 29.9 Å². The monoisotopic (exact) mass is 936 g/mol. The molecule has 0 aliphatic heterocycles. The molecule has 6 nitrogen and oxygen atoms in total. The van der Waals surface area contributed by atoms with Crippen molar-refractivity contribution in [3.63, 3.8) is 0 Å². The second-order valence-corrected chi connectivity index (χ2v) is 18.9. The third-order valence-electron chi connectivity index (χ3n) is 14.2. The maximum Gasteiger partial charge on any atom is 0.204 e. The van der Waals surface area contributed by atoms with E-state index in [2.05, 4.69) is 169 Å². The highest BCUT2D eigenvalue weighted by Crippen LogP contribution is 2.54. The molecule has 0 unspecified atom stereocenters. The van der Waals surface area contributed by atoms with Gasteiger partial charge in [-0.25, -0.2) is 0 Å². The van der Waals surface area contributed by atoms with E-state index in [9.17, 15) is 20.4 Å². The lowest BCUT2D eigenvalue weighted by Gasteiger charge is -2.29. The molecule has 1 aromatic heterocycles. The highest BCUT2D eigenvalue weighted by molar-refractivity contribution is 5.95. The van der Waals surface area contributed by atoms with Crippen molar-refractivity contribution < 1.29 is 20.4 Å². The topological polar surface area (TPSA) is 89.1 Å². The van der Waals surface area contributed by atoms with E-state index in [0.717, 1.165) is 59.4 Å². The summed E-state index contributed by atoms with van der Waals surface area (Å²) in [6.45, 7) is 12.4. The molecule has 7 aromatic carbocycles. The maximum absolute atomic E-state index is 11.0. The molecule has 1 saturated carbocycles. The van der Waals surface area contributed by atoms with Gasteiger partial charge in [0.15, 0.2) is 11.5 Å². The molecule has 8 aromatic rings. The number of aromatic nitrogens is 1. The lowest BCUT2D eigenvalue weighted by molar-refractivity contribution is 0.346. The summed E-state index contributed by atoms with van der Waals surface area (Å²) < 4.78 is 2.39. The molecule has 0 radical (unpaired) electrons. The molecule has 0 saturated heterocycles. The quantitative estimate of drug-likeness (QED) is 0.0900. The van der Waals surface area contributed by atoms with E-state index < -0.39 is 23.0 Å². The number of aromatic hydroxyl groups is 4. The number of hydrogen-bond donors (Lipinski definition) is 4. The molecule has 12 rings (SSSR count). The van der Waals surface area contributed by atoms with Gasteiger partial charge >= 0.3 is 0 Å². The van der Waals surface area contributed by atoms with E-state index in [4.69, 9.17) is 0 Å². The zero-order valence-corrected chi connectivity index (χ0v) is 40.5. The van der Waals surface area contributed by atoms with Crippen LogP contribution in [0.5, 0.6) is 23.0 Å². The Labute approximate surface area is 419 Å². The van der Waals surface area contributed by atoms with Gasteiger partial charge in [-0.2, -0.15) is 0 Å². The zero-order valence-electron chi connectivity index (χ0n) is 40.5. The molecular weight excluding hydrogens is 873 g/mol. The lowest BCUT2D eigenvalue weighted by atomic mass is 9.78. The van der Waals surface area contributed by atoms with Crippen LogP contribution in [0, 0.1) is 0 Å². The summed E-state index contributed by atoms with van der Waals surface area (Å²) in [4.78, 5) is 2.24. The minimum Gasteiger partial charge on any atom is -0.504 e. The number of aryl methyl sites for hydroxylation is 1. The Bertz CT molecular complexity index is 3380. The first-order chi connectivity index (χ1) is 34.1. The average molecular weight is 937 g/mol. The summed E-state index contributed by atoms with van der Waals surface area (Å²) >= 11 is 0. The first kappa shape index (κ1) is 48.1. The van der Waals surface area contributed by atoms with Crippen LogP contribution in [-0.4, -0.2) is 25.0 Å². The summed E-state index contributed by atoms with van der Waals surface area (Å²) in [5.41, 5.74) is 18.6. The Morgan fingerprint density at radius 3 is 1.85 bits per heavy atom. The van der Waals surface area contributed by atoms with Crippen molar-refractivity contribution in [2.45, 2.75) is 85.5 Å². The lowest BCUT2D eigenvalue weighted by Crippen LogP contribution is -2.18. The molecule has 4 N–H and O–H groups in total. The molecule has 1 heterocycles. The van der Waals surface area contributed by atoms with Crippen LogP contribution < -0.4 is 4.90 Å². The van der Waals surface area contributed by atoms with Crippen LogP contribution in [0.15, 0.2) is 170 Å². The molecule has 358 valence electrons. The Morgan fingerprint density at radius 2 is 1.17 bits per heavy atom. The third kappa shape index (κ3) is 8.62. The number of hydrogen-bond acceptors (Lipinski definition) is 5. The van der Waals surface area contributed by atoms with E-state index >= 15 is 0 Å². The van der Waals surface area contributed by atoms with Gasteiger partial charge in [-0.15, -0.1) is 0 Å². The molecule has 0 spiro atoms. The van der Waals surface area contributed by atoms with Gasteiger partial charge in [-0.3, -0.25) is 0 Å². The van der Waals surface area contributed by atoms with Crippen molar-refractivity contribution in [1.82, 2.24) is 4.57 Å². The van der Waals surface area contributed by atoms with Gasteiger partial charge in [0.2, 0.25) is 11.5 Å². The Kier molecular flexibility index (Phi) is 13.4. The van der Waals surface area contributed by atoms with Crippen molar-refractivity contribution in [1.29, 1.82) is 0 Å². The first-order valence-corrected chi connectivity index (χ1v) is 24.8. The summed E-state index contributed by atoms with van der Waals surface area (Å²) in [6, 6.07) is 49.3. The predicted octanol–water partition coefficient (Wildman–Crippen LogP) is 17.8. The minimum absolute atomic E-state index is 0. The number of nitrogens with zero attached hydrogens (tertiary/aromatic N) is 2. The molecule has 4 aliphatic carbocycles. The van der Waals surface area contributed by atoms with Crippen molar-refractivity contribution in [3.05, 3.63) is 198 Å². The van der Waals surface area contributed by atoms with E-state index in [0.29, 0.717) is 5.56 Å². The second-order valence-electron chi connectivity index (χ2n) is 18.9. The van der Waals surface area contributed by atoms with E-state index in [1.54, 1.807) is 0 Å². The van der Waals surface area contributed by atoms with Gasteiger partial charge in [0, 0.05) is 50.4 Å². The van der Waals surface area contributed by atoms with Crippen molar-refractivity contribution in [2.24, 2.45) is 0 Å². The van der Waals surface area contributed by atoms with E-state index in [-0.39, 0.29) is 24.0 Å². The number of phenols is 4. The fourth-order valence-corrected chi connectivity index (χ4v) is 10.5. The van der Waals surface area contributed by atoms with E-state index in [1.807, 2.05) is 38.1 Å². The number of allylic oxidation sites excluding steroid dienone is 5. The molecule has 0 amide bonds. The number of para-hydroxylation sites is 1. The molecule has 1 fully saturated rings. The summed E-state index contributed by atoms with van der Waals surface area (Å²) in [5.74, 6) is -2.67. The van der Waals surface area contributed by atoms with Gasteiger partial charge in [0.05, 0.1) is 5.52 Å². The third-order valence-corrected chi connectivity index (χ3v) is 14.2. The smallest absolute Gasteiger partial charge is 0.204 e. The molecule has 6 heteroatoms. The molecule has 0 atom stereocenters. The molecule has 71 heavy (non-hydrogen) atoms. The van der Waals surface area contributed by atoms with Crippen LogP contribution in [0.1, 0.15) is 102 Å². The minimum atomic E-state index is -0.794. The standard InChI is InChI=1S/C59H48N2O4.C3H6.C2H6.CH4/c1-4-45-54(56(63)58(65)57(64)55(45)62)37-23-28-43(29-24-37)60(44-30-31-47-46-17-8-10-19-50(46)59(2,3)51(47)35-44)42-26-21-36(22-27-42)38-13-12-14-39(33-38)40-25-32-53-49(34-40)48-18-9-11-20-52(48)61(53)41-15-6-5-7-16-41;1-2-3-1;1-2;/h4-8,11-17,20-35,62-65H,1,9-10,18-19H2,2-3H3;1-3H2;1-2H3;1H4. The van der Waals surface area contributed by atoms with Crippen molar-refractivity contribution in [2.75, 3.05) is 4.90 Å². The highest BCUT2D eigenvalue weighted by Gasteiger charge is 2.38. The van der Waals surface area contributed by atoms with Crippen LogP contribution in [0.25, 0.3) is 67.7 Å². The number of anilines is 3. The van der Waals surface area contributed by atoms with Crippen LogP contribution in [0.2, 0.25) is 0 Å². The Hall–Kier alpha value is -7.96. The number of fused-ring (bicyclic) bond motifs is 5. The van der Waals surface area contributed by atoms with Crippen LogP contribution in [-0.2, 0) is 11.8 Å². The van der Waals surface area contributed by atoms with Crippen LogP contribution >= 0.6 is 0 Å². The first-order valence-electron chi connectivity index (χ1n) is 24.8. The summed E-state index contributed by atoms with van der Waals surface area (Å²) in [7, 11) is 0. The number of phenolic OH excluding ortho intramolecular Hbond substituents is 4. The molecular formula is C65H64N2O4. The highest BCUT2D eigenvalue weighted by atomic mass is 16.3. The summed E-state index contributed by atoms with van der Waals surface area (Å²) in [6.07, 6.45) is 19.1. The largest absolute Gasteiger partial charge is 0.504 e. The average Bonchev–Trinajstić information content (AvgIpc) is 4.25. The summed E-state index contributed by atoms with van der Waals surface area (Å²) in [5, 5.41) is 43.6. The normalized spacial score (nSPS) is 14.5. The van der Waals surface area contributed by atoms with Crippen LogP contribution in [0.3, 0.4) is 0 Å². The second kappa shape index (κ2) is 19.8. The van der Waals surface area contributed by atoms with Gasteiger partial charge in [0.1, 0.15) is 0 Å². The SMILES string of the molecule is C.C1CC1.C=Cc1c(O)c(O)c(O)c(O)c1-c1ccc(N(c2ccc(-c3cccc(-c4ccc5c(c4)c4c(n5-c5ccccc5)C=CCC4)c3)cc2)c2ccc3c(c2)C(C)(C)C2=C3C=CCC2)cc1.CC.